The van der Waals surface area contributed by atoms with Crippen LogP contribution in [0.15, 0.2) is 71.6 Å². The van der Waals surface area contributed by atoms with Gasteiger partial charge in [0.25, 0.3) is 10.0 Å². The first-order chi connectivity index (χ1) is 20.0. The highest BCUT2D eigenvalue weighted by Crippen LogP contribution is 2.32. The number of amides is 2. The Morgan fingerprint density at radius 2 is 1.52 bits per heavy atom. The smallest absolute Gasteiger partial charge is 0.264 e. The van der Waals surface area contributed by atoms with E-state index in [0.29, 0.717) is 23.7 Å². The minimum atomic E-state index is -4.26. The lowest BCUT2D eigenvalue weighted by Gasteiger charge is -2.32. The van der Waals surface area contributed by atoms with Gasteiger partial charge >= 0.3 is 0 Å². The molecule has 0 saturated heterocycles. The van der Waals surface area contributed by atoms with Gasteiger partial charge < -0.3 is 24.4 Å². The Morgan fingerprint density at radius 3 is 2.10 bits per heavy atom. The van der Waals surface area contributed by atoms with Crippen molar-refractivity contribution in [3.63, 3.8) is 0 Å². The molecule has 0 radical (unpaired) electrons. The Balaban J connectivity index is 2.05. The number of nitrogens with one attached hydrogen (secondary N) is 1. The van der Waals surface area contributed by atoms with E-state index in [2.05, 4.69) is 5.32 Å². The largest absolute Gasteiger partial charge is 0.497 e. The Bertz CT molecular complexity index is 1460. The molecular weight excluding hydrogens is 558 g/mol. The molecule has 0 heterocycles. The van der Waals surface area contributed by atoms with Gasteiger partial charge in [0.1, 0.15) is 18.3 Å². The fraction of sp³-hybridized carbons (Fsp3) is 0.355. The van der Waals surface area contributed by atoms with Crippen molar-refractivity contribution >= 4 is 27.5 Å². The van der Waals surface area contributed by atoms with E-state index >= 15 is 0 Å². The number of benzene rings is 3. The van der Waals surface area contributed by atoms with Crippen LogP contribution in [-0.2, 0) is 26.2 Å². The Kier molecular flexibility index (Phi) is 11.2. The van der Waals surface area contributed by atoms with Crippen LogP contribution in [0.5, 0.6) is 17.2 Å². The van der Waals surface area contributed by atoms with Gasteiger partial charge in [-0.15, -0.1) is 0 Å². The number of anilines is 1. The van der Waals surface area contributed by atoms with Gasteiger partial charge in [0, 0.05) is 19.2 Å². The van der Waals surface area contributed by atoms with Gasteiger partial charge in [-0.1, -0.05) is 36.8 Å². The molecule has 42 heavy (non-hydrogen) atoms. The highest BCUT2D eigenvalue weighted by Gasteiger charge is 2.33. The molecule has 0 saturated carbocycles. The summed E-state index contributed by atoms with van der Waals surface area (Å²) in [6.45, 7) is 5.45. The molecule has 0 bridgehead atoms. The van der Waals surface area contributed by atoms with E-state index in [1.807, 2.05) is 13.8 Å². The number of ether oxygens (including phenoxy) is 3. The molecule has 0 fully saturated rings. The second-order valence-corrected chi connectivity index (χ2v) is 11.6. The molecule has 226 valence electrons. The monoisotopic (exact) mass is 597 g/mol. The average Bonchev–Trinajstić information content (AvgIpc) is 3.01. The second-order valence-electron chi connectivity index (χ2n) is 9.70. The zero-order valence-corrected chi connectivity index (χ0v) is 25.7. The first-order valence-electron chi connectivity index (χ1n) is 13.6. The topological polar surface area (TPSA) is 114 Å². The summed E-state index contributed by atoms with van der Waals surface area (Å²) in [4.78, 5) is 28.3. The van der Waals surface area contributed by atoms with Crippen LogP contribution < -0.4 is 23.8 Å². The minimum Gasteiger partial charge on any atom is -0.497 e. The molecule has 0 aromatic heterocycles. The van der Waals surface area contributed by atoms with Gasteiger partial charge in [-0.3, -0.25) is 13.9 Å². The lowest BCUT2D eigenvalue weighted by Crippen LogP contribution is -2.51. The summed E-state index contributed by atoms with van der Waals surface area (Å²) in [7, 11) is 0.168. The number of hydrogen-bond donors (Lipinski definition) is 1. The van der Waals surface area contributed by atoms with E-state index in [9.17, 15) is 18.0 Å². The molecule has 0 aliphatic rings. The van der Waals surface area contributed by atoms with E-state index in [-0.39, 0.29) is 23.1 Å². The molecule has 3 rings (SSSR count). The quantitative estimate of drug-likeness (QED) is 0.297. The van der Waals surface area contributed by atoms with E-state index in [1.165, 1.54) is 37.3 Å². The van der Waals surface area contributed by atoms with Crippen molar-refractivity contribution in [1.29, 1.82) is 0 Å². The maximum atomic E-state index is 14.1. The van der Waals surface area contributed by atoms with Gasteiger partial charge in [0.2, 0.25) is 11.8 Å². The van der Waals surface area contributed by atoms with Crippen molar-refractivity contribution in [1.82, 2.24) is 10.2 Å². The Hall–Kier alpha value is -4.25. The second kappa shape index (κ2) is 14.6. The number of aryl methyl sites for hydroxylation is 1. The first-order valence-corrected chi connectivity index (χ1v) is 15.0. The standard InChI is InChI=1S/C31H39N3O7S/c1-7-18-32-31(36)23(3)33(20-24-10-14-26(39-4)15-11-24)30(35)21-34(25-12-8-22(2)9-13-25)42(37,38)27-16-17-28(40-5)29(19-27)41-6/h8-17,19,23H,7,18,20-21H2,1-6H3,(H,32,36)/t23-/m0/s1. The molecule has 3 aromatic rings. The third-order valence-electron chi connectivity index (χ3n) is 6.77. The minimum absolute atomic E-state index is 0.0797. The van der Waals surface area contributed by atoms with E-state index in [4.69, 9.17) is 14.2 Å². The lowest BCUT2D eigenvalue weighted by atomic mass is 10.1. The highest BCUT2D eigenvalue weighted by molar-refractivity contribution is 7.92. The molecule has 0 unspecified atom stereocenters. The average molecular weight is 598 g/mol. The van der Waals surface area contributed by atoms with Gasteiger partial charge in [-0.05, 0) is 62.2 Å². The van der Waals surface area contributed by atoms with Crippen molar-refractivity contribution in [3.8, 4) is 17.2 Å². The molecule has 2 amide bonds. The van der Waals surface area contributed by atoms with Crippen LogP contribution in [-0.4, -0.2) is 65.6 Å². The normalized spacial score (nSPS) is 11.8. The molecule has 3 aromatic carbocycles. The predicted molar refractivity (Wildman–Crippen MR) is 162 cm³/mol. The van der Waals surface area contributed by atoms with Crippen molar-refractivity contribution in [2.45, 2.75) is 44.7 Å². The molecule has 0 aliphatic carbocycles. The van der Waals surface area contributed by atoms with Crippen molar-refractivity contribution in [3.05, 3.63) is 77.9 Å². The van der Waals surface area contributed by atoms with Crippen molar-refractivity contribution < 1.29 is 32.2 Å². The third kappa shape index (κ3) is 7.73. The van der Waals surface area contributed by atoms with Crippen LogP contribution >= 0.6 is 0 Å². The first kappa shape index (κ1) is 32.3. The van der Waals surface area contributed by atoms with Crippen LogP contribution in [0.1, 0.15) is 31.4 Å². The summed E-state index contributed by atoms with van der Waals surface area (Å²) in [5.41, 5.74) is 1.98. The Labute approximate surface area is 248 Å². The summed E-state index contributed by atoms with van der Waals surface area (Å²) in [6, 6.07) is 17.3. The van der Waals surface area contributed by atoms with E-state index < -0.39 is 28.5 Å². The van der Waals surface area contributed by atoms with Crippen LogP contribution in [0.3, 0.4) is 0 Å². The zero-order chi connectivity index (χ0) is 30.9. The fourth-order valence-corrected chi connectivity index (χ4v) is 5.68. The predicted octanol–water partition coefficient (Wildman–Crippen LogP) is 4.16. The molecule has 1 atom stereocenters. The fourth-order valence-electron chi connectivity index (χ4n) is 4.25. The summed E-state index contributed by atoms with van der Waals surface area (Å²) in [5, 5.41) is 2.83. The number of nitrogens with zero attached hydrogens (tertiary/aromatic N) is 2. The maximum absolute atomic E-state index is 14.1. The number of methoxy groups -OCH3 is 3. The number of carbonyl (C=O) groups is 2. The van der Waals surface area contributed by atoms with Crippen LogP contribution in [0.4, 0.5) is 5.69 Å². The molecule has 0 spiro atoms. The maximum Gasteiger partial charge on any atom is 0.264 e. The summed E-state index contributed by atoms with van der Waals surface area (Å²) in [6.07, 6.45) is 0.732. The molecule has 10 nitrogen and oxygen atoms in total. The summed E-state index contributed by atoms with van der Waals surface area (Å²) < 4.78 is 45.0. The molecule has 11 heteroatoms. The van der Waals surface area contributed by atoms with Gasteiger partial charge in [0.15, 0.2) is 11.5 Å². The molecule has 1 N–H and O–H groups in total. The summed E-state index contributed by atoms with van der Waals surface area (Å²) in [5.74, 6) is 0.373. The van der Waals surface area contributed by atoms with Crippen LogP contribution in [0.2, 0.25) is 0 Å². The summed E-state index contributed by atoms with van der Waals surface area (Å²) >= 11 is 0. The van der Waals surface area contributed by atoms with E-state index in [1.54, 1.807) is 62.6 Å². The van der Waals surface area contributed by atoms with E-state index in [0.717, 1.165) is 21.9 Å². The number of carbonyl (C=O) groups excluding carboxylic acids is 2. The molecule has 0 aliphatic heterocycles. The van der Waals surface area contributed by atoms with Gasteiger partial charge in [-0.2, -0.15) is 0 Å². The highest BCUT2D eigenvalue weighted by atomic mass is 32.2. The third-order valence-corrected chi connectivity index (χ3v) is 8.54. The van der Waals surface area contributed by atoms with Crippen LogP contribution in [0.25, 0.3) is 0 Å². The van der Waals surface area contributed by atoms with Crippen LogP contribution in [0, 0.1) is 6.92 Å². The van der Waals surface area contributed by atoms with Gasteiger partial charge in [0.05, 0.1) is 31.9 Å². The lowest BCUT2D eigenvalue weighted by molar-refractivity contribution is -0.139. The number of sulfonamides is 1. The molecular formula is C31H39N3O7S. The van der Waals surface area contributed by atoms with Crippen molar-refractivity contribution in [2.24, 2.45) is 0 Å². The number of hydrogen-bond acceptors (Lipinski definition) is 7. The zero-order valence-electron chi connectivity index (χ0n) is 24.9. The SMILES string of the molecule is CCCNC(=O)[C@H](C)N(Cc1ccc(OC)cc1)C(=O)CN(c1ccc(C)cc1)S(=O)(=O)c1ccc(OC)c(OC)c1. The van der Waals surface area contributed by atoms with Gasteiger partial charge in [-0.25, -0.2) is 8.42 Å². The van der Waals surface area contributed by atoms with Crippen molar-refractivity contribution in [2.75, 3.05) is 38.7 Å². The number of rotatable bonds is 14. The Morgan fingerprint density at radius 1 is 0.881 bits per heavy atom.